The van der Waals surface area contributed by atoms with Gasteiger partial charge in [-0.25, -0.2) is 0 Å². The molecule has 0 saturated heterocycles. The predicted octanol–water partition coefficient (Wildman–Crippen LogP) is 3.55. The Hall–Kier alpha value is -1.05. The van der Waals surface area contributed by atoms with E-state index in [2.05, 4.69) is 19.9 Å². The fourth-order valence-corrected chi connectivity index (χ4v) is 1.50. The summed E-state index contributed by atoms with van der Waals surface area (Å²) < 4.78 is 0. The van der Waals surface area contributed by atoms with Crippen molar-refractivity contribution < 1.29 is 4.79 Å². The highest BCUT2D eigenvalue weighted by Crippen LogP contribution is 2.07. The van der Waals surface area contributed by atoms with Gasteiger partial charge in [-0.05, 0) is 47.5 Å². The molecule has 0 aliphatic rings. The number of nitrogens with zero attached hydrogens (tertiary/aromatic N) is 1. The molecule has 0 aliphatic carbocycles. The fourth-order valence-electron chi connectivity index (χ4n) is 1.50. The Balaban J connectivity index is 4.20. The zero-order valence-electron chi connectivity index (χ0n) is 11.3. The maximum Gasteiger partial charge on any atom is 0.246 e. The highest BCUT2D eigenvalue weighted by Gasteiger charge is 2.05. The van der Waals surface area contributed by atoms with Crippen LogP contribution in [0.3, 0.4) is 0 Å². The van der Waals surface area contributed by atoms with Crippen LogP contribution in [0.5, 0.6) is 0 Å². The van der Waals surface area contributed by atoms with Crippen LogP contribution < -0.4 is 0 Å². The number of carbonyl (C=O) groups excluding carboxylic acids is 1. The molecule has 0 heterocycles. The van der Waals surface area contributed by atoms with Gasteiger partial charge in [0.25, 0.3) is 0 Å². The van der Waals surface area contributed by atoms with E-state index in [1.54, 1.807) is 6.08 Å². The maximum atomic E-state index is 11.7. The molecule has 0 aromatic heterocycles. The average molecular weight is 223 g/mol. The van der Waals surface area contributed by atoms with E-state index in [9.17, 15) is 4.79 Å². The number of carbonyl (C=O) groups is 1. The largest absolute Gasteiger partial charge is 0.340 e. The molecule has 2 nitrogen and oxygen atoms in total. The van der Waals surface area contributed by atoms with Crippen LogP contribution in [0, 0.1) is 0 Å². The first-order chi connectivity index (χ1) is 7.51. The molecule has 0 N–H and O–H groups in total. The lowest BCUT2D eigenvalue weighted by Gasteiger charge is -2.16. The van der Waals surface area contributed by atoms with Crippen LogP contribution in [0.1, 0.15) is 47.5 Å². The van der Waals surface area contributed by atoms with Crippen LogP contribution in [0.2, 0.25) is 0 Å². The van der Waals surface area contributed by atoms with Gasteiger partial charge in [0.1, 0.15) is 0 Å². The van der Waals surface area contributed by atoms with Crippen LogP contribution in [0.25, 0.3) is 0 Å². The van der Waals surface area contributed by atoms with Gasteiger partial charge < -0.3 is 4.90 Å². The SMILES string of the molecule is CCN(CC)C(=O)/C=C(/C)CCC=C(C)C. The topological polar surface area (TPSA) is 20.3 Å². The molecular weight excluding hydrogens is 198 g/mol. The van der Waals surface area contributed by atoms with E-state index in [4.69, 9.17) is 0 Å². The minimum atomic E-state index is 0.139. The number of allylic oxidation sites excluding steroid dienone is 3. The number of hydrogen-bond donors (Lipinski definition) is 0. The van der Waals surface area contributed by atoms with Gasteiger partial charge in [0.15, 0.2) is 0 Å². The van der Waals surface area contributed by atoms with Gasteiger partial charge in [0.2, 0.25) is 5.91 Å². The van der Waals surface area contributed by atoms with Crippen molar-refractivity contribution in [1.29, 1.82) is 0 Å². The highest BCUT2D eigenvalue weighted by molar-refractivity contribution is 5.88. The average Bonchev–Trinajstić information content (AvgIpc) is 2.18. The second-order valence-corrected chi connectivity index (χ2v) is 4.32. The Bertz CT molecular complexity index is 268. The summed E-state index contributed by atoms with van der Waals surface area (Å²) in [6.45, 7) is 11.8. The van der Waals surface area contributed by atoms with E-state index in [-0.39, 0.29) is 5.91 Å². The Labute approximate surface area is 100 Å². The summed E-state index contributed by atoms with van der Waals surface area (Å²) in [6.07, 6.45) is 5.97. The Morgan fingerprint density at radius 1 is 1.12 bits per heavy atom. The smallest absolute Gasteiger partial charge is 0.246 e. The molecule has 0 aliphatic heterocycles. The van der Waals surface area contributed by atoms with Crippen LogP contribution in [0.15, 0.2) is 23.3 Å². The molecule has 0 fully saturated rings. The van der Waals surface area contributed by atoms with Crippen molar-refractivity contribution >= 4 is 5.91 Å². The molecular formula is C14H25NO. The van der Waals surface area contributed by atoms with E-state index in [0.29, 0.717) is 0 Å². The summed E-state index contributed by atoms with van der Waals surface area (Å²) in [4.78, 5) is 13.6. The van der Waals surface area contributed by atoms with Crippen molar-refractivity contribution in [2.75, 3.05) is 13.1 Å². The van der Waals surface area contributed by atoms with Gasteiger partial charge >= 0.3 is 0 Å². The second-order valence-electron chi connectivity index (χ2n) is 4.32. The zero-order chi connectivity index (χ0) is 12.6. The normalized spacial score (nSPS) is 11.2. The first kappa shape index (κ1) is 14.9. The maximum absolute atomic E-state index is 11.7. The van der Waals surface area contributed by atoms with Crippen molar-refractivity contribution in [2.45, 2.75) is 47.5 Å². The van der Waals surface area contributed by atoms with Crippen molar-refractivity contribution in [2.24, 2.45) is 0 Å². The first-order valence-electron chi connectivity index (χ1n) is 6.10. The summed E-state index contributed by atoms with van der Waals surface area (Å²) in [5, 5.41) is 0. The number of likely N-dealkylation sites (N-methyl/N-ethyl adjacent to an activating group) is 1. The van der Waals surface area contributed by atoms with E-state index >= 15 is 0 Å². The molecule has 0 radical (unpaired) electrons. The van der Waals surface area contributed by atoms with Crippen molar-refractivity contribution in [3.63, 3.8) is 0 Å². The molecule has 0 bridgehead atoms. The van der Waals surface area contributed by atoms with Gasteiger partial charge in [-0.3, -0.25) is 4.79 Å². The molecule has 1 amide bonds. The van der Waals surface area contributed by atoms with Crippen molar-refractivity contribution in [3.05, 3.63) is 23.3 Å². The lowest BCUT2D eigenvalue weighted by molar-refractivity contribution is -0.125. The molecule has 0 atom stereocenters. The number of rotatable bonds is 6. The van der Waals surface area contributed by atoms with E-state index < -0.39 is 0 Å². The van der Waals surface area contributed by atoms with Gasteiger partial charge in [-0.2, -0.15) is 0 Å². The fraction of sp³-hybridized carbons (Fsp3) is 0.643. The second kappa shape index (κ2) is 8.14. The minimum absolute atomic E-state index is 0.139. The van der Waals surface area contributed by atoms with Crippen LogP contribution in [0.4, 0.5) is 0 Å². The van der Waals surface area contributed by atoms with Gasteiger partial charge in [0.05, 0.1) is 0 Å². The highest BCUT2D eigenvalue weighted by atomic mass is 16.2. The lowest BCUT2D eigenvalue weighted by atomic mass is 10.1. The molecule has 0 aromatic rings. The Morgan fingerprint density at radius 3 is 2.12 bits per heavy atom. The van der Waals surface area contributed by atoms with E-state index in [1.807, 2.05) is 25.7 Å². The lowest BCUT2D eigenvalue weighted by Crippen LogP contribution is -2.28. The zero-order valence-corrected chi connectivity index (χ0v) is 11.3. The predicted molar refractivity (Wildman–Crippen MR) is 70.4 cm³/mol. The van der Waals surface area contributed by atoms with E-state index in [1.165, 1.54) is 5.57 Å². The monoisotopic (exact) mass is 223 g/mol. The van der Waals surface area contributed by atoms with Crippen LogP contribution >= 0.6 is 0 Å². The quantitative estimate of drug-likeness (QED) is 0.498. The molecule has 0 aromatic carbocycles. The third kappa shape index (κ3) is 6.44. The Kier molecular flexibility index (Phi) is 7.61. The summed E-state index contributed by atoms with van der Waals surface area (Å²) in [6, 6.07) is 0. The number of amides is 1. The molecule has 0 unspecified atom stereocenters. The summed E-state index contributed by atoms with van der Waals surface area (Å²) in [5.74, 6) is 0.139. The third-order valence-corrected chi connectivity index (χ3v) is 2.54. The molecule has 16 heavy (non-hydrogen) atoms. The van der Waals surface area contributed by atoms with Crippen molar-refractivity contribution in [1.82, 2.24) is 4.90 Å². The molecule has 0 rings (SSSR count). The van der Waals surface area contributed by atoms with E-state index in [0.717, 1.165) is 31.5 Å². The molecule has 0 saturated carbocycles. The minimum Gasteiger partial charge on any atom is -0.340 e. The molecule has 2 heteroatoms. The van der Waals surface area contributed by atoms with Gasteiger partial charge in [-0.15, -0.1) is 0 Å². The van der Waals surface area contributed by atoms with Crippen LogP contribution in [-0.2, 0) is 4.79 Å². The van der Waals surface area contributed by atoms with Gasteiger partial charge in [0, 0.05) is 19.2 Å². The Morgan fingerprint density at radius 2 is 1.69 bits per heavy atom. The summed E-state index contributed by atoms with van der Waals surface area (Å²) in [5.41, 5.74) is 2.50. The van der Waals surface area contributed by atoms with Gasteiger partial charge in [-0.1, -0.05) is 17.2 Å². The molecule has 92 valence electrons. The first-order valence-corrected chi connectivity index (χ1v) is 6.10. The third-order valence-electron chi connectivity index (χ3n) is 2.54. The molecule has 0 spiro atoms. The summed E-state index contributed by atoms with van der Waals surface area (Å²) >= 11 is 0. The van der Waals surface area contributed by atoms with Crippen molar-refractivity contribution in [3.8, 4) is 0 Å². The van der Waals surface area contributed by atoms with Crippen LogP contribution in [-0.4, -0.2) is 23.9 Å². The standard InChI is InChI=1S/C14H25NO/c1-6-15(7-2)14(16)11-13(5)10-8-9-12(3)4/h9,11H,6-8,10H2,1-5H3/b13-11-. The number of hydrogen-bond acceptors (Lipinski definition) is 1. The summed E-state index contributed by atoms with van der Waals surface area (Å²) in [7, 11) is 0.